The van der Waals surface area contributed by atoms with Crippen LogP contribution in [0.4, 0.5) is 0 Å². The maximum absolute atomic E-state index is 11.1. The zero-order valence-electron chi connectivity index (χ0n) is 8.47. The molecule has 0 radical (unpaired) electrons. The van der Waals surface area contributed by atoms with Crippen LogP contribution >= 0.6 is 0 Å². The average Bonchev–Trinajstić information content (AvgIpc) is 2.14. The highest BCUT2D eigenvalue weighted by atomic mass is 16.5. The van der Waals surface area contributed by atoms with Crippen molar-refractivity contribution in [2.45, 2.75) is 26.7 Å². The molecule has 0 aliphatic heterocycles. The van der Waals surface area contributed by atoms with E-state index in [0.717, 1.165) is 12.8 Å². The lowest BCUT2D eigenvalue weighted by molar-refractivity contribution is -0.139. The molecule has 0 aromatic carbocycles. The predicted octanol–water partition coefficient (Wildman–Crippen LogP) is 1.92. The van der Waals surface area contributed by atoms with Gasteiger partial charge in [-0.3, -0.25) is 0 Å². The quantitative estimate of drug-likeness (QED) is 0.346. The van der Waals surface area contributed by atoms with Gasteiger partial charge in [-0.05, 0) is 13.3 Å². The summed E-state index contributed by atoms with van der Waals surface area (Å²) in [6.45, 7) is 8.81. The van der Waals surface area contributed by atoms with Crippen LogP contribution in [0.3, 0.4) is 0 Å². The summed E-state index contributed by atoms with van der Waals surface area (Å²) in [5.41, 5.74) is 0.387. The highest BCUT2D eigenvalue weighted by Crippen LogP contribution is 1.97. The van der Waals surface area contributed by atoms with Gasteiger partial charge >= 0.3 is 5.97 Å². The molecule has 3 heteroatoms. The van der Waals surface area contributed by atoms with Crippen molar-refractivity contribution >= 4 is 5.97 Å². The maximum atomic E-state index is 11.1. The Morgan fingerprint density at radius 1 is 1.38 bits per heavy atom. The molecule has 0 atom stereocenters. The van der Waals surface area contributed by atoms with Crippen LogP contribution in [-0.2, 0) is 14.3 Å². The zero-order valence-corrected chi connectivity index (χ0v) is 8.47. The topological polar surface area (TPSA) is 35.5 Å². The Balaban J connectivity index is 3.51. The van der Waals surface area contributed by atoms with Crippen molar-refractivity contribution in [2.24, 2.45) is 0 Å². The predicted molar refractivity (Wildman–Crippen MR) is 51.5 cm³/mol. The van der Waals surface area contributed by atoms with E-state index in [2.05, 4.69) is 6.58 Å². The summed E-state index contributed by atoms with van der Waals surface area (Å²) in [7, 11) is 0. The van der Waals surface area contributed by atoms with E-state index in [9.17, 15) is 4.79 Å². The first-order chi connectivity index (χ1) is 6.22. The highest BCUT2D eigenvalue weighted by Gasteiger charge is 2.07. The fourth-order valence-corrected chi connectivity index (χ4v) is 0.695. The van der Waals surface area contributed by atoms with E-state index in [-0.39, 0.29) is 12.6 Å². The van der Waals surface area contributed by atoms with Crippen molar-refractivity contribution in [1.82, 2.24) is 0 Å². The first-order valence-electron chi connectivity index (χ1n) is 4.65. The van der Waals surface area contributed by atoms with Gasteiger partial charge in [-0.2, -0.15) is 0 Å². The second-order valence-electron chi connectivity index (χ2n) is 2.73. The molecule has 0 saturated carbocycles. The van der Waals surface area contributed by atoms with Gasteiger partial charge in [0.05, 0.1) is 18.8 Å². The lowest BCUT2D eigenvalue weighted by Gasteiger charge is -2.05. The molecule has 0 spiro atoms. The van der Waals surface area contributed by atoms with E-state index < -0.39 is 0 Å². The number of unbranched alkanes of at least 4 members (excludes halogenated alkanes) is 1. The van der Waals surface area contributed by atoms with Gasteiger partial charge in [-0.15, -0.1) is 0 Å². The van der Waals surface area contributed by atoms with Crippen LogP contribution < -0.4 is 0 Å². The number of rotatable bonds is 7. The third-order valence-electron chi connectivity index (χ3n) is 1.50. The van der Waals surface area contributed by atoms with Gasteiger partial charge in [0.15, 0.2) is 0 Å². The van der Waals surface area contributed by atoms with Gasteiger partial charge in [0.2, 0.25) is 0 Å². The second-order valence-corrected chi connectivity index (χ2v) is 2.73. The SMILES string of the molecule is C=C(COCC)C(=O)OCCCC. The van der Waals surface area contributed by atoms with Crippen LogP contribution in [0.2, 0.25) is 0 Å². The van der Waals surface area contributed by atoms with Crippen molar-refractivity contribution in [2.75, 3.05) is 19.8 Å². The number of carbonyl (C=O) groups excluding carboxylic acids is 1. The van der Waals surface area contributed by atoms with E-state index in [1.165, 1.54) is 0 Å². The van der Waals surface area contributed by atoms with Gasteiger partial charge in [0.1, 0.15) is 0 Å². The van der Waals surface area contributed by atoms with Crippen LogP contribution in [0.15, 0.2) is 12.2 Å². The monoisotopic (exact) mass is 186 g/mol. The maximum Gasteiger partial charge on any atom is 0.335 e. The molecule has 0 unspecified atom stereocenters. The molecule has 0 aromatic rings. The Morgan fingerprint density at radius 3 is 2.62 bits per heavy atom. The van der Waals surface area contributed by atoms with Crippen LogP contribution in [0, 0.1) is 0 Å². The Kier molecular flexibility index (Phi) is 7.30. The summed E-state index contributed by atoms with van der Waals surface area (Å²) in [5.74, 6) is -0.345. The summed E-state index contributed by atoms with van der Waals surface area (Å²) in [4.78, 5) is 11.1. The average molecular weight is 186 g/mol. The summed E-state index contributed by atoms with van der Waals surface area (Å²) in [6, 6.07) is 0. The lowest BCUT2D eigenvalue weighted by Crippen LogP contribution is -2.12. The number of carbonyl (C=O) groups is 1. The van der Waals surface area contributed by atoms with E-state index in [4.69, 9.17) is 9.47 Å². The fraction of sp³-hybridized carbons (Fsp3) is 0.700. The number of hydrogen-bond acceptors (Lipinski definition) is 3. The summed E-state index contributed by atoms with van der Waals surface area (Å²) >= 11 is 0. The van der Waals surface area contributed by atoms with Gasteiger partial charge in [0.25, 0.3) is 0 Å². The molecule has 0 aliphatic rings. The van der Waals surface area contributed by atoms with Crippen LogP contribution in [0.25, 0.3) is 0 Å². The smallest absolute Gasteiger partial charge is 0.335 e. The molecule has 3 nitrogen and oxygen atoms in total. The largest absolute Gasteiger partial charge is 0.462 e. The Labute approximate surface area is 79.7 Å². The summed E-state index contributed by atoms with van der Waals surface area (Å²) < 4.78 is 9.95. The van der Waals surface area contributed by atoms with Crippen molar-refractivity contribution < 1.29 is 14.3 Å². The zero-order chi connectivity index (χ0) is 10.1. The minimum absolute atomic E-state index is 0.265. The number of ether oxygens (including phenoxy) is 2. The number of esters is 1. The Bertz CT molecular complexity index is 164. The van der Waals surface area contributed by atoms with E-state index in [1.807, 2.05) is 13.8 Å². The normalized spacial score (nSPS) is 9.69. The van der Waals surface area contributed by atoms with Gasteiger partial charge in [-0.1, -0.05) is 19.9 Å². The third kappa shape index (κ3) is 6.34. The molecule has 13 heavy (non-hydrogen) atoms. The minimum atomic E-state index is -0.345. The first kappa shape index (κ1) is 12.2. The Hall–Kier alpha value is -0.830. The van der Waals surface area contributed by atoms with Crippen molar-refractivity contribution in [3.05, 3.63) is 12.2 Å². The molecule has 0 saturated heterocycles. The first-order valence-corrected chi connectivity index (χ1v) is 4.65. The molecule has 0 N–H and O–H groups in total. The van der Waals surface area contributed by atoms with Crippen LogP contribution in [0.1, 0.15) is 26.7 Å². The fourth-order valence-electron chi connectivity index (χ4n) is 0.695. The molecular formula is C10H18O3. The highest BCUT2D eigenvalue weighted by molar-refractivity contribution is 5.87. The molecule has 0 aromatic heterocycles. The van der Waals surface area contributed by atoms with Crippen molar-refractivity contribution in [3.8, 4) is 0 Å². The van der Waals surface area contributed by atoms with Crippen molar-refractivity contribution in [1.29, 1.82) is 0 Å². The van der Waals surface area contributed by atoms with Gasteiger partial charge in [0, 0.05) is 6.61 Å². The third-order valence-corrected chi connectivity index (χ3v) is 1.50. The van der Waals surface area contributed by atoms with Crippen LogP contribution in [0.5, 0.6) is 0 Å². The molecule has 0 aliphatic carbocycles. The molecule has 76 valence electrons. The Morgan fingerprint density at radius 2 is 2.08 bits per heavy atom. The molecule has 0 bridgehead atoms. The minimum Gasteiger partial charge on any atom is -0.462 e. The van der Waals surface area contributed by atoms with Gasteiger partial charge < -0.3 is 9.47 Å². The molecular weight excluding hydrogens is 168 g/mol. The standard InChI is InChI=1S/C10H18O3/c1-4-6-7-13-10(11)9(3)8-12-5-2/h3-8H2,1-2H3. The van der Waals surface area contributed by atoms with Gasteiger partial charge in [-0.25, -0.2) is 4.79 Å². The van der Waals surface area contributed by atoms with Crippen LogP contribution in [-0.4, -0.2) is 25.8 Å². The van der Waals surface area contributed by atoms with E-state index in [0.29, 0.717) is 18.8 Å². The number of hydrogen-bond donors (Lipinski definition) is 0. The molecule has 0 heterocycles. The van der Waals surface area contributed by atoms with Crippen molar-refractivity contribution in [3.63, 3.8) is 0 Å². The summed E-state index contributed by atoms with van der Waals surface area (Å²) in [5, 5.41) is 0. The summed E-state index contributed by atoms with van der Waals surface area (Å²) in [6.07, 6.45) is 1.92. The second kappa shape index (κ2) is 7.80. The molecule has 0 rings (SSSR count). The lowest BCUT2D eigenvalue weighted by atomic mass is 10.3. The molecule has 0 amide bonds. The molecule has 0 fully saturated rings. The van der Waals surface area contributed by atoms with E-state index in [1.54, 1.807) is 0 Å². The van der Waals surface area contributed by atoms with E-state index >= 15 is 0 Å².